The molecule has 0 saturated heterocycles. The van der Waals surface area contributed by atoms with Crippen molar-refractivity contribution in [2.45, 2.75) is 57.9 Å². The Hall–Kier alpha value is -0.130. The number of nitrogens with one attached hydrogen (secondary N) is 2. The Morgan fingerprint density at radius 2 is 2.00 bits per heavy atom. The van der Waals surface area contributed by atoms with Gasteiger partial charge in [-0.3, -0.25) is 0 Å². The van der Waals surface area contributed by atoms with Gasteiger partial charge in [-0.15, -0.1) is 0 Å². The van der Waals surface area contributed by atoms with Gasteiger partial charge in [0.25, 0.3) is 0 Å². The first-order chi connectivity index (χ1) is 8.57. The molecule has 1 aliphatic rings. The molecule has 18 heavy (non-hydrogen) atoms. The molecule has 5 heteroatoms. The summed E-state index contributed by atoms with van der Waals surface area (Å²) in [5.74, 6) is 0.970. The van der Waals surface area contributed by atoms with Crippen LogP contribution < -0.4 is 10.0 Å². The third-order valence-corrected chi connectivity index (χ3v) is 5.31. The van der Waals surface area contributed by atoms with Gasteiger partial charge >= 0.3 is 0 Å². The summed E-state index contributed by atoms with van der Waals surface area (Å²) >= 11 is 0. The average Bonchev–Trinajstić information content (AvgIpc) is 2.34. The molecule has 0 aliphatic heterocycles. The molecule has 1 rings (SSSR count). The third kappa shape index (κ3) is 6.16. The van der Waals surface area contributed by atoms with Gasteiger partial charge in [-0.1, -0.05) is 26.2 Å². The van der Waals surface area contributed by atoms with Crippen LogP contribution in [0, 0.1) is 5.92 Å². The van der Waals surface area contributed by atoms with Gasteiger partial charge in [-0.2, -0.15) is 0 Å². The second-order valence-corrected chi connectivity index (χ2v) is 7.26. The second kappa shape index (κ2) is 8.12. The van der Waals surface area contributed by atoms with E-state index in [1.54, 1.807) is 0 Å². The van der Waals surface area contributed by atoms with E-state index in [2.05, 4.69) is 17.0 Å². The number of sulfonamides is 1. The van der Waals surface area contributed by atoms with Crippen molar-refractivity contribution in [1.29, 1.82) is 0 Å². The van der Waals surface area contributed by atoms with Gasteiger partial charge in [0.15, 0.2) is 0 Å². The Bertz CT molecular complexity index is 317. The molecule has 1 saturated carbocycles. The van der Waals surface area contributed by atoms with Crippen LogP contribution in [-0.2, 0) is 10.0 Å². The van der Waals surface area contributed by atoms with E-state index in [0.717, 1.165) is 38.6 Å². The highest BCUT2D eigenvalue weighted by Gasteiger charge is 2.24. The second-order valence-electron chi connectivity index (χ2n) is 5.39. The Labute approximate surface area is 112 Å². The molecule has 4 nitrogen and oxygen atoms in total. The fraction of sp³-hybridized carbons (Fsp3) is 1.00. The molecule has 0 aromatic carbocycles. The average molecular weight is 276 g/mol. The summed E-state index contributed by atoms with van der Waals surface area (Å²) in [4.78, 5) is 0. The highest BCUT2D eigenvalue weighted by atomic mass is 32.2. The van der Waals surface area contributed by atoms with Gasteiger partial charge in [0.1, 0.15) is 0 Å². The molecular weight excluding hydrogens is 248 g/mol. The third-order valence-electron chi connectivity index (χ3n) is 3.80. The SMILES string of the molecule is CCC1CCCC(NS(=O)(=O)CCCCNC)C1. The summed E-state index contributed by atoms with van der Waals surface area (Å²) in [5.41, 5.74) is 0. The van der Waals surface area contributed by atoms with Crippen LogP contribution in [0.15, 0.2) is 0 Å². The number of hydrogen-bond acceptors (Lipinski definition) is 3. The summed E-state index contributed by atoms with van der Waals surface area (Å²) in [5, 5.41) is 3.03. The van der Waals surface area contributed by atoms with Crippen molar-refractivity contribution in [2.24, 2.45) is 5.92 Å². The van der Waals surface area contributed by atoms with E-state index in [1.807, 2.05) is 7.05 Å². The summed E-state index contributed by atoms with van der Waals surface area (Å²) in [6, 6.07) is 0.179. The van der Waals surface area contributed by atoms with Crippen LogP contribution >= 0.6 is 0 Å². The van der Waals surface area contributed by atoms with Crippen LogP contribution in [0.5, 0.6) is 0 Å². The lowest BCUT2D eigenvalue weighted by atomic mass is 9.85. The summed E-state index contributed by atoms with van der Waals surface area (Å²) in [6.07, 6.45) is 7.26. The van der Waals surface area contributed by atoms with E-state index in [4.69, 9.17) is 0 Å². The first kappa shape index (κ1) is 15.9. The first-order valence-electron chi connectivity index (χ1n) is 7.22. The number of unbranched alkanes of at least 4 members (excludes halogenated alkanes) is 1. The van der Waals surface area contributed by atoms with Crippen molar-refractivity contribution in [1.82, 2.24) is 10.0 Å². The van der Waals surface area contributed by atoms with Crippen LogP contribution in [-0.4, -0.2) is 33.8 Å². The van der Waals surface area contributed by atoms with Crippen molar-refractivity contribution in [2.75, 3.05) is 19.3 Å². The maximum atomic E-state index is 11.9. The molecule has 0 amide bonds. The topological polar surface area (TPSA) is 58.2 Å². The summed E-state index contributed by atoms with van der Waals surface area (Å²) < 4.78 is 26.7. The fourth-order valence-electron chi connectivity index (χ4n) is 2.68. The molecule has 0 aromatic rings. The van der Waals surface area contributed by atoms with Gasteiger partial charge in [-0.05, 0) is 45.2 Å². The van der Waals surface area contributed by atoms with E-state index in [0.29, 0.717) is 5.92 Å². The van der Waals surface area contributed by atoms with Crippen LogP contribution in [0.1, 0.15) is 51.9 Å². The zero-order valence-corrected chi connectivity index (χ0v) is 12.6. The highest BCUT2D eigenvalue weighted by Crippen LogP contribution is 2.26. The Morgan fingerprint density at radius 3 is 2.67 bits per heavy atom. The molecule has 0 spiro atoms. The lowest BCUT2D eigenvalue weighted by Crippen LogP contribution is -2.39. The molecule has 108 valence electrons. The van der Waals surface area contributed by atoms with Crippen molar-refractivity contribution < 1.29 is 8.42 Å². The maximum Gasteiger partial charge on any atom is 0.211 e. The summed E-state index contributed by atoms with van der Waals surface area (Å²) in [6.45, 7) is 3.08. The molecule has 2 N–H and O–H groups in total. The fourth-order valence-corrected chi connectivity index (χ4v) is 4.10. The monoisotopic (exact) mass is 276 g/mol. The van der Waals surface area contributed by atoms with E-state index in [1.165, 1.54) is 12.8 Å². The smallest absolute Gasteiger partial charge is 0.211 e. The van der Waals surface area contributed by atoms with Gasteiger partial charge in [-0.25, -0.2) is 13.1 Å². The predicted molar refractivity (Wildman–Crippen MR) is 76.1 cm³/mol. The molecule has 0 radical (unpaired) electrons. The molecule has 2 unspecified atom stereocenters. The molecular formula is C13H28N2O2S. The number of rotatable bonds is 8. The van der Waals surface area contributed by atoms with Crippen molar-refractivity contribution in [3.8, 4) is 0 Å². The zero-order chi connectivity index (χ0) is 13.4. The van der Waals surface area contributed by atoms with Gasteiger partial charge in [0.05, 0.1) is 5.75 Å². The zero-order valence-electron chi connectivity index (χ0n) is 11.7. The van der Waals surface area contributed by atoms with Crippen LogP contribution in [0.4, 0.5) is 0 Å². The molecule has 2 atom stereocenters. The molecule has 1 aliphatic carbocycles. The standard InChI is InChI=1S/C13H28N2O2S/c1-3-12-7-6-8-13(11-12)15-18(16,17)10-5-4-9-14-2/h12-15H,3-11H2,1-2H3. The molecule has 0 aromatic heterocycles. The predicted octanol–water partition coefficient (Wildman–Crippen LogP) is 1.87. The lowest BCUT2D eigenvalue weighted by Gasteiger charge is -2.28. The lowest BCUT2D eigenvalue weighted by molar-refractivity contribution is 0.301. The quantitative estimate of drug-likeness (QED) is 0.665. The number of hydrogen-bond donors (Lipinski definition) is 2. The minimum Gasteiger partial charge on any atom is -0.320 e. The van der Waals surface area contributed by atoms with Crippen molar-refractivity contribution in [3.63, 3.8) is 0 Å². The minimum atomic E-state index is -3.07. The summed E-state index contributed by atoms with van der Waals surface area (Å²) in [7, 11) is -1.18. The van der Waals surface area contributed by atoms with E-state index in [-0.39, 0.29) is 11.8 Å². The Morgan fingerprint density at radius 1 is 1.22 bits per heavy atom. The molecule has 1 fully saturated rings. The van der Waals surface area contributed by atoms with Crippen LogP contribution in [0.25, 0.3) is 0 Å². The van der Waals surface area contributed by atoms with E-state index in [9.17, 15) is 8.42 Å². The van der Waals surface area contributed by atoms with Gasteiger partial charge < -0.3 is 5.32 Å². The largest absolute Gasteiger partial charge is 0.320 e. The van der Waals surface area contributed by atoms with E-state index < -0.39 is 10.0 Å². The maximum absolute atomic E-state index is 11.9. The van der Waals surface area contributed by atoms with Gasteiger partial charge in [0.2, 0.25) is 10.0 Å². The molecule has 0 heterocycles. The first-order valence-corrected chi connectivity index (χ1v) is 8.87. The molecule has 0 bridgehead atoms. The Kier molecular flexibility index (Phi) is 7.19. The highest BCUT2D eigenvalue weighted by molar-refractivity contribution is 7.89. The van der Waals surface area contributed by atoms with Crippen LogP contribution in [0.2, 0.25) is 0 Å². The minimum absolute atomic E-state index is 0.179. The van der Waals surface area contributed by atoms with Crippen LogP contribution in [0.3, 0.4) is 0 Å². The van der Waals surface area contributed by atoms with Crippen molar-refractivity contribution >= 4 is 10.0 Å². The van der Waals surface area contributed by atoms with E-state index >= 15 is 0 Å². The Balaban J connectivity index is 2.30. The van der Waals surface area contributed by atoms with Gasteiger partial charge in [0, 0.05) is 6.04 Å². The van der Waals surface area contributed by atoms with Crippen molar-refractivity contribution in [3.05, 3.63) is 0 Å². The normalized spacial score (nSPS) is 25.2.